The van der Waals surface area contributed by atoms with Crippen molar-refractivity contribution in [2.24, 2.45) is 4.99 Å². The predicted molar refractivity (Wildman–Crippen MR) is 79.7 cm³/mol. The fourth-order valence-electron chi connectivity index (χ4n) is 3.16. The fraction of sp³-hybridized carbons (Fsp3) is 0.533. The normalized spacial score (nSPS) is 22.2. The van der Waals surface area contributed by atoms with Crippen LogP contribution in [0.3, 0.4) is 0 Å². The van der Waals surface area contributed by atoms with Crippen LogP contribution < -0.4 is 0 Å². The van der Waals surface area contributed by atoms with Gasteiger partial charge >= 0.3 is 0 Å². The summed E-state index contributed by atoms with van der Waals surface area (Å²) in [5.74, 6) is 0.690. The van der Waals surface area contributed by atoms with Gasteiger partial charge in [0.15, 0.2) is 0 Å². The number of amidine groups is 1. The average Bonchev–Trinajstić information content (AvgIpc) is 2.47. The first kappa shape index (κ1) is 13.6. The second kappa shape index (κ2) is 5.20. The van der Waals surface area contributed by atoms with Gasteiger partial charge in [0.2, 0.25) is 0 Å². The highest BCUT2D eigenvalue weighted by atomic mass is 32.2. The van der Waals surface area contributed by atoms with E-state index in [-0.39, 0.29) is 6.04 Å². The molecule has 2 aliphatic rings. The predicted octanol–water partition coefficient (Wildman–Crippen LogP) is 3.46. The van der Waals surface area contributed by atoms with Gasteiger partial charge < -0.3 is 0 Å². The average molecular weight is 292 g/mol. The molecular weight excluding hydrogens is 272 g/mol. The molecule has 0 aromatic heterocycles. The van der Waals surface area contributed by atoms with Crippen LogP contribution in [0.25, 0.3) is 0 Å². The zero-order chi connectivity index (χ0) is 14.2. The molecular formula is C15H20N2O2S. The van der Waals surface area contributed by atoms with E-state index in [2.05, 4.69) is 4.99 Å². The van der Waals surface area contributed by atoms with Gasteiger partial charge in [0, 0.05) is 12.5 Å². The van der Waals surface area contributed by atoms with Crippen LogP contribution in [0.15, 0.2) is 34.2 Å². The van der Waals surface area contributed by atoms with E-state index in [0.717, 1.165) is 25.7 Å². The second-order valence-corrected chi connectivity index (χ2v) is 7.23. The van der Waals surface area contributed by atoms with Gasteiger partial charge in [0.1, 0.15) is 10.7 Å². The van der Waals surface area contributed by atoms with Crippen LogP contribution in [0, 0.1) is 0 Å². The van der Waals surface area contributed by atoms with Gasteiger partial charge in [-0.15, -0.1) is 0 Å². The maximum Gasteiger partial charge on any atom is 0.267 e. The minimum Gasteiger partial charge on any atom is -0.250 e. The SMILES string of the molecule is CCC1=Nc2ccccc2S(=O)(=O)N1C1CCCCC1. The molecule has 0 N–H and O–H groups in total. The minimum atomic E-state index is -3.44. The Balaban J connectivity index is 2.10. The number of aliphatic imine (C=N–C) groups is 1. The second-order valence-electron chi connectivity index (χ2n) is 5.44. The summed E-state index contributed by atoms with van der Waals surface area (Å²) in [6, 6.07) is 7.13. The van der Waals surface area contributed by atoms with E-state index in [1.165, 1.54) is 6.42 Å². The lowest BCUT2D eigenvalue weighted by Crippen LogP contribution is -2.46. The summed E-state index contributed by atoms with van der Waals surface area (Å²) in [7, 11) is -3.44. The van der Waals surface area contributed by atoms with Gasteiger partial charge in [0.05, 0.1) is 5.69 Å². The lowest BCUT2D eigenvalue weighted by Gasteiger charge is -2.37. The van der Waals surface area contributed by atoms with Crippen LogP contribution in [0.5, 0.6) is 0 Å². The van der Waals surface area contributed by atoms with Crippen molar-refractivity contribution in [3.8, 4) is 0 Å². The fourth-order valence-corrected chi connectivity index (χ4v) is 5.05. The number of hydrogen-bond acceptors (Lipinski definition) is 3. The molecule has 1 saturated carbocycles. The number of para-hydroxylation sites is 1. The topological polar surface area (TPSA) is 49.7 Å². The van der Waals surface area contributed by atoms with E-state index in [1.807, 2.05) is 13.0 Å². The highest BCUT2D eigenvalue weighted by molar-refractivity contribution is 7.90. The Kier molecular flexibility index (Phi) is 3.54. The van der Waals surface area contributed by atoms with Crippen molar-refractivity contribution in [1.29, 1.82) is 0 Å². The lowest BCUT2D eigenvalue weighted by molar-refractivity contribution is 0.321. The first-order valence-corrected chi connectivity index (χ1v) is 8.79. The summed E-state index contributed by atoms with van der Waals surface area (Å²) in [6.07, 6.45) is 5.95. The molecule has 108 valence electrons. The van der Waals surface area contributed by atoms with Gasteiger partial charge in [-0.1, -0.05) is 38.3 Å². The number of fused-ring (bicyclic) bond motifs is 1. The Labute approximate surface area is 120 Å². The largest absolute Gasteiger partial charge is 0.267 e. The molecule has 1 heterocycles. The van der Waals surface area contributed by atoms with Crippen LogP contribution in [-0.4, -0.2) is 24.6 Å². The quantitative estimate of drug-likeness (QED) is 0.838. The van der Waals surface area contributed by atoms with Crippen molar-refractivity contribution < 1.29 is 8.42 Å². The summed E-state index contributed by atoms with van der Waals surface area (Å²) in [5, 5.41) is 0. The van der Waals surface area contributed by atoms with Crippen LogP contribution in [0.1, 0.15) is 45.4 Å². The summed E-state index contributed by atoms with van der Waals surface area (Å²) in [4.78, 5) is 4.93. The van der Waals surface area contributed by atoms with E-state index < -0.39 is 10.0 Å². The Hall–Kier alpha value is -1.36. The Morgan fingerprint density at radius 2 is 1.90 bits per heavy atom. The zero-order valence-electron chi connectivity index (χ0n) is 11.7. The highest BCUT2D eigenvalue weighted by Crippen LogP contribution is 2.36. The summed E-state index contributed by atoms with van der Waals surface area (Å²) < 4.78 is 27.4. The molecule has 1 aliphatic carbocycles. The number of hydrogen-bond donors (Lipinski definition) is 0. The molecule has 3 rings (SSSR count). The zero-order valence-corrected chi connectivity index (χ0v) is 12.6. The summed E-state index contributed by atoms with van der Waals surface area (Å²) in [6.45, 7) is 1.97. The third kappa shape index (κ3) is 2.14. The maximum absolute atomic E-state index is 12.9. The van der Waals surface area contributed by atoms with Crippen molar-refractivity contribution in [2.45, 2.75) is 56.4 Å². The van der Waals surface area contributed by atoms with Crippen molar-refractivity contribution in [3.63, 3.8) is 0 Å². The van der Waals surface area contributed by atoms with E-state index >= 15 is 0 Å². The Morgan fingerprint density at radius 1 is 1.20 bits per heavy atom. The standard InChI is InChI=1S/C15H20N2O2S/c1-2-15-16-13-10-6-7-11-14(13)20(18,19)17(15)12-8-4-3-5-9-12/h6-7,10-12H,2-5,8-9H2,1H3. The number of benzene rings is 1. The lowest BCUT2D eigenvalue weighted by atomic mass is 9.95. The van der Waals surface area contributed by atoms with Crippen molar-refractivity contribution >= 4 is 21.5 Å². The summed E-state index contributed by atoms with van der Waals surface area (Å²) in [5.41, 5.74) is 0.580. The van der Waals surface area contributed by atoms with Gasteiger partial charge in [-0.05, 0) is 25.0 Å². The molecule has 0 atom stereocenters. The number of sulfonamides is 1. The van der Waals surface area contributed by atoms with Crippen molar-refractivity contribution in [1.82, 2.24) is 4.31 Å². The molecule has 0 amide bonds. The molecule has 20 heavy (non-hydrogen) atoms. The monoisotopic (exact) mass is 292 g/mol. The van der Waals surface area contributed by atoms with Crippen LogP contribution in [0.4, 0.5) is 5.69 Å². The molecule has 1 aliphatic heterocycles. The third-order valence-corrected chi connectivity index (χ3v) is 6.06. The molecule has 1 fully saturated rings. The van der Waals surface area contributed by atoms with Gasteiger partial charge in [-0.25, -0.2) is 13.4 Å². The van der Waals surface area contributed by atoms with E-state index in [4.69, 9.17) is 0 Å². The van der Waals surface area contributed by atoms with Crippen LogP contribution >= 0.6 is 0 Å². The smallest absolute Gasteiger partial charge is 0.250 e. The molecule has 0 radical (unpaired) electrons. The Bertz CT molecular complexity index is 631. The molecule has 0 bridgehead atoms. The molecule has 0 saturated heterocycles. The molecule has 0 spiro atoms. The number of rotatable bonds is 2. The Morgan fingerprint density at radius 3 is 2.60 bits per heavy atom. The molecule has 0 unspecified atom stereocenters. The highest BCUT2D eigenvalue weighted by Gasteiger charge is 2.38. The molecule has 5 heteroatoms. The first-order chi connectivity index (χ1) is 9.64. The van der Waals surface area contributed by atoms with E-state index in [9.17, 15) is 8.42 Å². The minimum absolute atomic E-state index is 0.0841. The molecule has 4 nitrogen and oxygen atoms in total. The van der Waals surface area contributed by atoms with Crippen LogP contribution in [-0.2, 0) is 10.0 Å². The molecule has 1 aromatic rings. The first-order valence-electron chi connectivity index (χ1n) is 7.35. The van der Waals surface area contributed by atoms with Gasteiger partial charge in [0.25, 0.3) is 10.0 Å². The summed E-state index contributed by atoms with van der Waals surface area (Å²) >= 11 is 0. The van der Waals surface area contributed by atoms with Crippen molar-refractivity contribution in [3.05, 3.63) is 24.3 Å². The van der Waals surface area contributed by atoms with E-state index in [0.29, 0.717) is 22.8 Å². The van der Waals surface area contributed by atoms with Crippen molar-refractivity contribution in [2.75, 3.05) is 0 Å². The van der Waals surface area contributed by atoms with Gasteiger partial charge in [-0.2, -0.15) is 0 Å². The van der Waals surface area contributed by atoms with Gasteiger partial charge in [-0.3, -0.25) is 4.31 Å². The third-order valence-electron chi connectivity index (χ3n) is 4.13. The maximum atomic E-state index is 12.9. The number of nitrogens with zero attached hydrogens (tertiary/aromatic N) is 2. The van der Waals surface area contributed by atoms with Crippen LogP contribution in [0.2, 0.25) is 0 Å². The van der Waals surface area contributed by atoms with E-state index in [1.54, 1.807) is 22.5 Å². The molecule has 1 aromatic carbocycles.